The average Bonchev–Trinajstić information content (AvgIpc) is 2.86. The number of esters is 1. The maximum atomic E-state index is 11.7. The molecule has 2 aromatic rings. The summed E-state index contributed by atoms with van der Waals surface area (Å²) in [6.07, 6.45) is 2.98. The van der Waals surface area contributed by atoms with Crippen LogP contribution in [-0.4, -0.2) is 22.2 Å². The molecule has 112 valence electrons. The lowest BCUT2D eigenvalue weighted by Crippen LogP contribution is -2.26. The van der Waals surface area contributed by atoms with E-state index in [0.717, 1.165) is 5.69 Å². The first kappa shape index (κ1) is 14.1. The van der Waals surface area contributed by atoms with Crippen LogP contribution >= 0.6 is 0 Å². The van der Waals surface area contributed by atoms with Gasteiger partial charge in [0, 0.05) is 11.8 Å². The first-order chi connectivity index (χ1) is 10.6. The molecule has 0 radical (unpaired) electrons. The van der Waals surface area contributed by atoms with E-state index in [1.165, 1.54) is 0 Å². The highest BCUT2D eigenvalue weighted by molar-refractivity contribution is 5.90. The van der Waals surface area contributed by atoms with Crippen molar-refractivity contribution >= 4 is 11.7 Å². The van der Waals surface area contributed by atoms with Crippen molar-refractivity contribution in [2.75, 3.05) is 5.32 Å². The Morgan fingerprint density at radius 1 is 1.23 bits per heavy atom. The largest absolute Gasteiger partial charge is 0.506 e. The molecule has 1 aromatic heterocycles. The predicted octanol–water partition coefficient (Wildman–Crippen LogP) is 2.81. The molecular weight excluding hydrogens is 280 g/mol. The van der Waals surface area contributed by atoms with Crippen LogP contribution in [0.5, 0.6) is 5.75 Å². The Hall–Kier alpha value is -2.82. The Labute approximate surface area is 128 Å². The van der Waals surface area contributed by atoms with E-state index in [1.807, 2.05) is 24.3 Å². The summed E-state index contributed by atoms with van der Waals surface area (Å²) < 4.78 is 5.39. The number of hydrogen-bond donors (Lipinski definition) is 2. The zero-order chi connectivity index (χ0) is 15.5. The third-order valence-electron chi connectivity index (χ3n) is 3.53. The van der Waals surface area contributed by atoms with Crippen LogP contribution in [0.3, 0.4) is 0 Å². The van der Waals surface area contributed by atoms with Crippen LogP contribution in [0.25, 0.3) is 0 Å². The maximum absolute atomic E-state index is 11.7. The Morgan fingerprint density at radius 2 is 2.00 bits per heavy atom. The number of carbonyl (C=O) groups excluding carboxylic acids is 1. The second-order valence-corrected chi connectivity index (χ2v) is 5.11. The van der Waals surface area contributed by atoms with Crippen molar-refractivity contribution in [2.45, 2.75) is 19.1 Å². The lowest BCUT2D eigenvalue weighted by molar-refractivity contribution is -0.140. The van der Waals surface area contributed by atoms with Gasteiger partial charge in [-0.15, -0.1) is 0 Å². The highest BCUT2D eigenvalue weighted by Crippen LogP contribution is 2.31. The van der Waals surface area contributed by atoms with Crippen molar-refractivity contribution in [2.24, 2.45) is 0 Å². The third-order valence-corrected chi connectivity index (χ3v) is 3.53. The number of phenols is 1. The van der Waals surface area contributed by atoms with Gasteiger partial charge in [-0.3, -0.25) is 4.98 Å². The number of carbonyl (C=O) groups is 1. The van der Waals surface area contributed by atoms with Gasteiger partial charge in [0.05, 0.1) is 11.4 Å². The quantitative estimate of drug-likeness (QED) is 0.670. The fourth-order valence-electron chi connectivity index (χ4n) is 2.38. The van der Waals surface area contributed by atoms with Crippen LogP contribution in [0.1, 0.15) is 18.7 Å². The normalized spacial score (nSPS) is 18.5. The Morgan fingerprint density at radius 3 is 2.64 bits per heavy atom. The molecule has 2 N–H and O–H groups in total. The van der Waals surface area contributed by atoms with E-state index in [1.54, 1.807) is 37.4 Å². The number of pyridine rings is 1. The van der Waals surface area contributed by atoms with Crippen LogP contribution in [0.15, 0.2) is 60.3 Å². The van der Waals surface area contributed by atoms with Gasteiger partial charge in [-0.2, -0.15) is 0 Å². The van der Waals surface area contributed by atoms with Gasteiger partial charge in [0.15, 0.2) is 0 Å². The molecule has 5 nitrogen and oxygen atoms in total. The molecular formula is C17H16N2O3. The number of hydrogen-bond acceptors (Lipinski definition) is 5. The minimum Gasteiger partial charge on any atom is -0.506 e. The van der Waals surface area contributed by atoms with Crippen molar-refractivity contribution in [3.63, 3.8) is 0 Å². The summed E-state index contributed by atoms with van der Waals surface area (Å²) in [5.74, 6) is -0.196. The standard InChI is InChI=1S/C17H16N2O3/c1-11-10-15(22-17(11)21)16(13-7-4-5-9-18-13)19-12-6-2-3-8-14(12)20/h2-10,15-16,19-20H,1H3/t15-,16+/m1/s1. The van der Waals surface area contributed by atoms with Crippen LogP contribution in [0.4, 0.5) is 5.69 Å². The molecule has 1 aliphatic rings. The number of nitrogens with zero attached hydrogens (tertiary/aromatic N) is 1. The highest BCUT2D eigenvalue weighted by atomic mass is 16.5. The number of ether oxygens (including phenoxy) is 1. The lowest BCUT2D eigenvalue weighted by Gasteiger charge is -2.24. The molecule has 3 rings (SSSR count). The average molecular weight is 296 g/mol. The molecule has 0 fully saturated rings. The Bertz CT molecular complexity index is 713. The van der Waals surface area contributed by atoms with Gasteiger partial charge in [-0.1, -0.05) is 18.2 Å². The van der Waals surface area contributed by atoms with Crippen LogP contribution < -0.4 is 5.32 Å². The third kappa shape index (κ3) is 2.79. The summed E-state index contributed by atoms with van der Waals surface area (Å²) in [6, 6.07) is 12.1. The van der Waals surface area contributed by atoms with Gasteiger partial charge >= 0.3 is 5.97 Å². The van der Waals surface area contributed by atoms with Crippen molar-refractivity contribution in [1.82, 2.24) is 4.98 Å². The number of benzene rings is 1. The summed E-state index contributed by atoms with van der Waals surface area (Å²) in [5, 5.41) is 13.2. The topological polar surface area (TPSA) is 71.4 Å². The number of phenolic OH excluding ortho intramolecular Hbond substituents is 1. The van der Waals surface area contributed by atoms with Crippen molar-refractivity contribution in [1.29, 1.82) is 0 Å². The number of aromatic hydroxyl groups is 1. The first-order valence-corrected chi connectivity index (χ1v) is 7.00. The predicted molar refractivity (Wildman–Crippen MR) is 82.3 cm³/mol. The number of nitrogens with one attached hydrogen (secondary N) is 1. The van der Waals surface area contributed by atoms with Crippen LogP contribution in [0, 0.1) is 0 Å². The van der Waals surface area contributed by atoms with Crippen LogP contribution in [-0.2, 0) is 9.53 Å². The van der Waals surface area contributed by atoms with Crippen molar-refractivity contribution in [3.05, 3.63) is 66.0 Å². The molecule has 0 aliphatic carbocycles. The number of para-hydroxylation sites is 2. The molecule has 5 heteroatoms. The molecule has 2 atom stereocenters. The molecule has 0 bridgehead atoms. The summed E-state index contributed by atoms with van der Waals surface area (Å²) in [5.41, 5.74) is 1.87. The van der Waals surface area contributed by atoms with Crippen molar-refractivity contribution in [3.8, 4) is 5.75 Å². The van der Waals surface area contributed by atoms with Gasteiger partial charge in [0.1, 0.15) is 17.9 Å². The summed E-state index contributed by atoms with van der Waals surface area (Å²) in [6.45, 7) is 1.72. The molecule has 0 unspecified atom stereocenters. The first-order valence-electron chi connectivity index (χ1n) is 7.00. The molecule has 22 heavy (non-hydrogen) atoms. The molecule has 0 amide bonds. The van der Waals surface area contributed by atoms with E-state index in [4.69, 9.17) is 4.74 Å². The van der Waals surface area contributed by atoms with Crippen LogP contribution in [0.2, 0.25) is 0 Å². The maximum Gasteiger partial charge on any atom is 0.334 e. The molecule has 0 saturated carbocycles. The van der Waals surface area contributed by atoms with Gasteiger partial charge in [0.2, 0.25) is 0 Å². The van der Waals surface area contributed by atoms with E-state index < -0.39 is 6.10 Å². The molecule has 0 spiro atoms. The number of cyclic esters (lactones) is 1. The summed E-state index contributed by atoms with van der Waals surface area (Å²) in [4.78, 5) is 16.0. The number of rotatable bonds is 4. The van der Waals surface area contributed by atoms with E-state index in [0.29, 0.717) is 11.3 Å². The lowest BCUT2D eigenvalue weighted by atomic mass is 10.0. The summed E-state index contributed by atoms with van der Waals surface area (Å²) in [7, 11) is 0. The second-order valence-electron chi connectivity index (χ2n) is 5.11. The zero-order valence-corrected chi connectivity index (χ0v) is 12.1. The van der Waals surface area contributed by atoms with Gasteiger partial charge in [-0.25, -0.2) is 4.79 Å². The van der Waals surface area contributed by atoms with E-state index in [-0.39, 0.29) is 17.8 Å². The Balaban J connectivity index is 1.94. The SMILES string of the molecule is CC1=C[C@H]([C@@H](Nc2ccccc2O)c2ccccn2)OC1=O. The summed E-state index contributed by atoms with van der Waals surface area (Å²) >= 11 is 0. The number of anilines is 1. The van der Waals surface area contributed by atoms with E-state index in [9.17, 15) is 9.90 Å². The minimum absolute atomic E-state index is 0.133. The van der Waals surface area contributed by atoms with Crippen molar-refractivity contribution < 1.29 is 14.6 Å². The van der Waals surface area contributed by atoms with E-state index in [2.05, 4.69) is 10.3 Å². The monoisotopic (exact) mass is 296 g/mol. The smallest absolute Gasteiger partial charge is 0.334 e. The van der Waals surface area contributed by atoms with Gasteiger partial charge in [-0.05, 0) is 37.3 Å². The van der Waals surface area contributed by atoms with E-state index >= 15 is 0 Å². The zero-order valence-electron chi connectivity index (χ0n) is 12.1. The molecule has 2 heterocycles. The second kappa shape index (κ2) is 5.89. The number of aromatic nitrogens is 1. The van der Waals surface area contributed by atoms with Gasteiger partial charge in [0.25, 0.3) is 0 Å². The fourth-order valence-corrected chi connectivity index (χ4v) is 2.38. The minimum atomic E-state index is -0.470. The molecule has 0 saturated heterocycles. The highest BCUT2D eigenvalue weighted by Gasteiger charge is 2.32. The molecule has 1 aromatic carbocycles. The van der Waals surface area contributed by atoms with Gasteiger partial charge < -0.3 is 15.2 Å². The molecule has 1 aliphatic heterocycles. The Kier molecular flexibility index (Phi) is 3.78. The fraction of sp³-hybridized carbons (Fsp3) is 0.176.